The third-order valence-electron chi connectivity index (χ3n) is 6.47. The third-order valence-corrected chi connectivity index (χ3v) is 6.47. The van der Waals surface area contributed by atoms with Crippen molar-refractivity contribution in [3.63, 3.8) is 0 Å². The number of benzene rings is 1. The molecule has 1 aliphatic heterocycles. The zero-order chi connectivity index (χ0) is 20.8. The summed E-state index contributed by atoms with van der Waals surface area (Å²) in [6, 6.07) is 8.68. The van der Waals surface area contributed by atoms with Crippen LogP contribution in [0.4, 0.5) is 0 Å². The Morgan fingerprint density at radius 2 is 2.03 bits per heavy atom. The Bertz CT molecular complexity index is 867. The number of hydrogen-bond donors (Lipinski definition) is 3. The number of carbonyl (C=O) groups is 1. The monoisotopic (exact) mass is 409 g/mol. The minimum atomic E-state index is 0.260. The summed E-state index contributed by atoms with van der Waals surface area (Å²) in [6.45, 7) is 5.30. The Labute approximate surface area is 179 Å². The molecule has 2 aliphatic rings. The minimum Gasteiger partial charge on any atom is -0.361 e. The summed E-state index contributed by atoms with van der Waals surface area (Å²) in [5.74, 6) is 1.49. The molecule has 2 heterocycles. The molecule has 1 unspecified atom stereocenters. The fraction of sp³-hybridized carbons (Fsp3) is 0.583. The van der Waals surface area contributed by atoms with Crippen LogP contribution in [0.5, 0.6) is 0 Å². The van der Waals surface area contributed by atoms with Gasteiger partial charge in [-0.15, -0.1) is 0 Å². The quantitative estimate of drug-likeness (QED) is 0.505. The summed E-state index contributed by atoms with van der Waals surface area (Å²) >= 11 is 0. The maximum absolute atomic E-state index is 12.8. The maximum Gasteiger partial charge on any atom is 0.225 e. The van der Waals surface area contributed by atoms with E-state index in [-0.39, 0.29) is 12.0 Å². The lowest BCUT2D eigenvalue weighted by Gasteiger charge is -2.26. The number of guanidine groups is 1. The first kappa shape index (κ1) is 20.8. The Kier molecular flexibility index (Phi) is 6.92. The molecule has 1 aromatic heterocycles. The van der Waals surface area contributed by atoms with E-state index < -0.39 is 0 Å². The predicted octanol–water partition coefficient (Wildman–Crippen LogP) is 3.45. The normalized spacial score (nSPS) is 20.6. The zero-order valence-corrected chi connectivity index (χ0v) is 18.1. The lowest BCUT2D eigenvalue weighted by atomic mass is 9.88. The van der Waals surface area contributed by atoms with E-state index in [1.54, 1.807) is 0 Å². The van der Waals surface area contributed by atoms with Crippen molar-refractivity contribution in [1.82, 2.24) is 20.5 Å². The van der Waals surface area contributed by atoms with Crippen LogP contribution in [-0.2, 0) is 11.2 Å². The summed E-state index contributed by atoms with van der Waals surface area (Å²) in [5.41, 5.74) is 2.48. The number of hydrogen-bond acceptors (Lipinski definition) is 2. The van der Waals surface area contributed by atoms with E-state index in [2.05, 4.69) is 57.9 Å². The number of rotatable bonds is 6. The molecule has 2 aromatic rings. The first-order valence-corrected chi connectivity index (χ1v) is 11.6. The minimum absolute atomic E-state index is 0.260. The molecular weight excluding hydrogens is 374 g/mol. The highest BCUT2D eigenvalue weighted by molar-refractivity contribution is 5.83. The Morgan fingerprint density at radius 1 is 1.20 bits per heavy atom. The van der Waals surface area contributed by atoms with Gasteiger partial charge in [-0.2, -0.15) is 0 Å². The molecule has 4 rings (SSSR count). The summed E-state index contributed by atoms with van der Waals surface area (Å²) in [6.07, 6.45) is 9.83. The number of fused-ring (bicyclic) bond motifs is 1. The standard InChI is InChI=1S/C24H35N5O/c1-2-25-24(26-14-12-19-16-27-22-11-7-6-10-21(19)22)28-20-13-15-29(17-20)23(30)18-8-4-3-5-9-18/h6-7,10-11,16,18,20,27H,2-5,8-9,12-15,17H2,1H3,(H2,25,26,28). The molecular formula is C24H35N5O. The van der Waals surface area contributed by atoms with Crippen LogP contribution in [0, 0.1) is 5.92 Å². The highest BCUT2D eigenvalue weighted by atomic mass is 16.2. The number of nitrogens with zero attached hydrogens (tertiary/aromatic N) is 2. The number of para-hydroxylation sites is 1. The van der Waals surface area contributed by atoms with Crippen LogP contribution in [0.15, 0.2) is 35.5 Å². The van der Waals surface area contributed by atoms with Crippen molar-refractivity contribution in [3.8, 4) is 0 Å². The molecule has 1 amide bonds. The lowest BCUT2D eigenvalue weighted by molar-refractivity contribution is -0.135. The maximum atomic E-state index is 12.8. The van der Waals surface area contributed by atoms with Gasteiger partial charge in [0.15, 0.2) is 5.96 Å². The second-order valence-electron chi connectivity index (χ2n) is 8.62. The number of aromatic nitrogens is 1. The highest BCUT2D eigenvalue weighted by Gasteiger charge is 2.31. The van der Waals surface area contributed by atoms with Gasteiger partial charge >= 0.3 is 0 Å². The molecule has 1 aromatic carbocycles. The van der Waals surface area contributed by atoms with E-state index in [1.807, 2.05) is 0 Å². The van der Waals surface area contributed by atoms with Crippen LogP contribution >= 0.6 is 0 Å². The summed E-state index contributed by atoms with van der Waals surface area (Å²) < 4.78 is 0. The second-order valence-corrected chi connectivity index (χ2v) is 8.62. The van der Waals surface area contributed by atoms with E-state index in [0.717, 1.165) is 57.8 Å². The van der Waals surface area contributed by atoms with Gasteiger partial charge in [0.25, 0.3) is 0 Å². The summed E-state index contributed by atoms with van der Waals surface area (Å²) in [4.78, 5) is 23.0. The van der Waals surface area contributed by atoms with Crippen molar-refractivity contribution in [2.75, 3.05) is 26.2 Å². The average molecular weight is 410 g/mol. The lowest BCUT2D eigenvalue weighted by Crippen LogP contribution is -2.45. The first-order chi connectivity index (χ1) is 14.7. The fourth-order valence-corrected chi connectivity index (χ4v) is 4.83. The van der Waals surface area contributed by atoms with Gasteiger partial charge in [-0.3, -0.25) is 9.79 Å². The van der Waals surface area contributed by atoms with Gasteiger partial charge in [-0.25, -0.2) is 0 Å². The molecule has 1 aliphatic carbocycles. The van der Waals surface area contributed by atoms with Crippen LogP contribution < -0.4 is 10.6 Å². The van der Waals surface area contributed by atoms with Crippen molar-refractivity contribution in [2.45, 2.75) is 57.9 Å². The largest absolute Gasteiger partial charge is 0.361 e. The number of aromatic amines is 1. The molecule has 0 spiro atoms. The predicted molar refractivity (Wildman–Crippen MR) is 123 cm³/mol. The smallest absolute Gasteiger partial charge is 0.225 e. The van der Waals surface area contributed by atoms with Crippen molar-refractivity contribution >= 4 is 22.8 Å². The summed E-state index contributed by atoms with van der Waals surface area (Å²) in [5, 5.41) is 8.20. The molecule has 1 saturated carbocycles. The molecule has 30 heavy (non-hydrogen) atoms. The highest BCUT2D eigenvalue weighted by Crippen LogP contribution is 2.26. The third kappa shape index (κ3) is 4.97. The molecule has 6 nitrogen and oxygen atoms in total. The van der Waals surface area contributed by atoms with Gasteiger partial charge in [-0.1, -0.05) is 37.5 Å². The van der Waals surface area contributed by atoms with Crippen LogP contribution in [0.2, 0.25) is 0 Å². The van der Waals surface area contributed by atoms with Crippen LogP contribution in [0.1, 0.15) is 51.0 Å². The van der Waals surface area contributed by atoms with Crippen molar-refractivity contribution in [1.29, 1.82) is 0 Å². The van der Waals surface area contributed by atoms with Crippen LogP contribution in [0.3, 0.4) is 0 Å². The van der Waals surface area contributed by atoms with E-state index in [4.69, 9.17) is 4.99 Å². The molecule has 6 heteroatoms. The molecule has 1 saturated heterocycles. The average Bonchev–Trinajstić information content (AvgIpc) is 3.41. The van der Waals surface area contributed by atoms with Crippen molar-refractivity contribution in [3.05, 3.63) is 36.0 Å². The van der Waals surface area contributed by atoms with Gasteiger partial charge in [-0.05, 0) is 44.2 Å². The molecule has 162 valence electrons. The molecule has 1 atom stereocenters. The van der Waals surface area contributed by atoms with Gasteiger partial charge in [0.1, 0.15) is 0 Å². The molecule has 0 bridgehead atoms. The Balaban J connectivity index is 1.30. The van der Waals surface area contributed by atoms with Gasteiger partial charge < -0.3 is 20.5 Å². The van der Waals surface area contributed by atoms with Crippen LogP contribution in [-0.4, -0.2) is 54.0 Å². The Morgan fingerprint density at radius 3 is 2.87 bits per heavy atom. The summed E-state index contributed by atoms with van der Waals surface area (Å²) in [7, 11) is 0. The fourth-order valence-electron chi connectivity index (χ4n) is 4.83. The van der Waals surface area contributed by atoms with E-state index in [1.165, 1.54) is 35.7 Å². The topological polar surface area (TPSA) is 72.5 Å². The van der Waals surface area contributed by atoms with E-state index >= 15 is 0 Å². The number of carbonyl (C=O) groups excluding carboxylic acids is 1. The molecule has 2 fully saturated rings. The van der Waals surface area contributed by atoms with Gasteiger partial charge in [0.05, 0.1) is 0 Å². The van der Waals surface area contributed by atoms with Gasteiger partial charge in [0, 0.05) is 55.2 Å². The number of H-pyrrole nitrogens is 1. The molecule has 0 radical (unpaired) electrons. The SMILES string of the molecule is CCNC(=NCCc1c[nH]c2ccccc12)NC1CCN(C(=O)C2CCCCC2)C1. The van der Waals surface area contributed by atoms with Crippen molar-refractivity contribution < 1.29 is 4.79 Å². The van der Waals surface area contributed by atoms with Crippen LogP contribution in [0.25, 0.3) is 10.9 Å². The van der Waals surface area contributed by atoms with Crippen molar-refractivity contribution in [2.24, 2.45) is 10.9 Å². The van der Waals surface area contributed by atoms with Gasteiger partial charge in [0.2, 0.25) is 5.91 Å². The first-order valence-electron chi connectivity index (χ1n) is 11.6. The number of likely N-dealkylation sites (tertiary alicyclic amines) is 1. The number of amides is 1. The Hall–Kier alpha value is -2.50. The number of aliphatic imine (C=N–C) groups is 1. The zero-order valence-electron chi connectivity index (χ0n) is 18.1. The van der Waals surface area contributed by atoms with E-state index in [9.17, 15) is 4.79 Å². The number of nitrogens with one attached hydrogen (secondary N) is 3. The second kappa shape index (κ2) is 10.0. The van der Waals surface area contributed by atoms with E-state index in [0.29, 0.717) is 5.91 Å². The molecule has 3 N–H and O–H groups in total.